The molecule has 0 radical (unpaired) electrons. The number of ether oxygens (including phenoxy) is 1. The van der Waals surface area contributed by atoms with Gasteiger partial charge in [-0.25, -0.2) is 0 Å². The van der Waals surface area contributed by atoms with Crippen molar-refractivity contribution in [3.63, 3.8) is 0 Å². The Kier molecular flexibility index (Phi) is 57.7. The van der Waals surface area contributed by atoms with Crippen LogP contribution in [0.3, 0.4) is 0 Å². The largest absolute Gasteiger partial charge is 0.466 e. The molecule has 0 aliphatic carbocycles. The van der Waals surface area contributed by atoms with Crippen LogP contribution in [0.15, 0.2) is 0 Å². The fourth-order valence-corrected chi connectivity index (χ4v) is 10.3. The summed E-state index contributed by atoms with van der Waals surface area (Å²) in [6.07, 6.45) is 65.8. The monoisotopic (exact) mass is 992 g/mol. The SMILES string of the molecule is CCCCCCCCCCCCCCCCCC(=O)OCCCCCCCCCCCCCCCCCCCCCCCCCCC(=O)NC(CO)C(O)C(O)CCCCCCCCCCCCCC. The smallest absolute Gasteiger partial charge is 0.305 e. The van der Waals surface area contributed by atoms with Crippen molar-refractivity contribution in [2.24, 2.45) is 0 Å². The molecule has 0 bridgehead atoms. The van der Waals surface area contributed by atoms with Gasteiger partial charge >= 0.3 is 5.97 Å². The van der Waals surface area contributed by atoms with Gasteiger partial charge in [0.2, 0.25) is 5.91 Å². The van der Waals surface area contributed by atoms with Crippen LogP contribution in [-0.2, 0) is 14.3 Å². The van der Waals surface area contributed by atoms with E-state index in [0.29, 0.717) is 25.9 Å². The average molecular weight is 993 g/mol. The van der Waals surface area contributed by atoms with E-state index in [1.807, 2.05) is 0 Å². The Morgan fingerprint density at radius 1 is 0.357 bits per heavy atom. The molecule has 0 heterocycles. The predicted molar refractivity (Wildman–Crippen MR) is 303 cm³/mol. The molecule has 0 aromatic rings. The number of carbonyl (C=O) groups is 2. The lowest BCUT2D eigenvalue weighted by Crippen LogP contribution is -2.50. The number of unbranched alkanes of at least 4 members (excludes halogenated alkanes) is 48. The zero-order chi connectivity index (χ0) is 50.9. The predicted octanol–water partition coefficient (Wildman–Crippen LogP) is 18.8. The first-order valence-corrected chi connectivity index (χ1v) is 31.9. The molecule has 0 saturated heterocycles. The molecule has 0 fully saturated rings. The van der Waals surface area contributed by atoms with Crippen LogP contribution in [0.25, 0.3) is 0 Å². The standard InChI is InChI=1S/C63H125NO6/c1-3-5-7-9-11-13-15-17-28-32-36-40-44-48-52-56-62(68)70-57-53-49-45-41-37-33-30-27-25-23-21-19-18-20-22-24-26-29-31-35-39-43-47-51-55-61(67)64-59(58-65)63(69)60(66)54-50-46-42-38-34-16-14-12-10-8-6-4-2/h59-60,63,65-66,69H,3-58H2,1-2H3,(H,64,67). The van der Waals surface area contributed by atoms with E-state index in [-0.39, 0.29) is 18.5 Å². The lowest BCUT2D eigenvalue weighted by atomic mass is 9.99. The molecule has 0 saturated carbocycles. The fourth-order valence-electron chi connectivity index (χ4n) is 10.3. The molecule has 418 valence electrons. The second-order valence-electron chi connectivity index (χ2n) is 22.2. The van der Waals surface area contributed by atoms with Gasteiger partial charge in [-0.2, -0.15) is 0 Å². The fraction of sp³-hybridized carbons (Fsp3) is 0.968. The maximum absolute atomic E-state index is 12.5. The summed E-state index contributed by atoms with van der Waals surface area (Å²) in [7, 11) is 0. The second-order valence-corrected chi connectivity index (χ2v) is 22.2. The average Bonchev–Trinajstić information content (AvgIpc) is 3.36. The van der Waals surface area contributed by atoms with Gasteiger partial charge in [-0.15, -0.1) is 0 Å². The molecule has 4 N–H and O–H groups in total. The molecular weight excluding hydrogens is 867 g/mol. The second kappa shape index (κ2) is 58.7. The van der Waals surface area contributed by atoms with Crippen LogP contribution in [0, 0.1) is 0 Å². The summed E-state index contributed by atoms with van der Waals surface area (Å²) < 4.78 is 5.49. The first-order chi connectivity index (χ1) is 34.5. The molecule has 70 heavy (non-hydrogen) atoms. The number of hydrogen-bond donors (Lipinski definition) is 4. The maximum atomic E-state index is 12.5. The highest BCUT2D eigenvalue weighted by atomic mass is 16.5. The summed E-state index contributed by atoms with van der Waals surface area (Å²) in [5.74, 6) is -0.129. The number of nitrogens with one attached hydrogen (secondary N) is 1. The van der Waals surface area contributed by atoms with Crippen molar-refractivity contribution in [2.45, 2.75) is 379 Å². The summed E-state index contributed by atoms with van der Waals surface area (Å²) in [4.78, 5) is 24.6. The van der Waals surface area contributed by atoms with Crippen molar-refractivity contribution < 1.29 is 29.6 Å². The number of carbonyl (C=O) groups excluding carboxylic acids is 2. The van der Waals surface area contributed by atoms with Crippen LogP contribution in [0.2, 0.25) is 0 Å². The molecule has 3 unspecified atom stereocenters. The van der Waals surface area contributed by atoms with Crippen molar-refractivity contribution in [2.75, 3.05) is 13.2 Å². The Morgan fingerprint density at radius 2 is 0.614 bits per heavy atom. The number of rotatable bonds is 60. The number of esters is 1. The number of aliphatic hydroxyl groups excluding tert-OH is 3. The third kappa shape index (κ3) is 53.1. The third-order valence-electron chi connectivity index (χ3n) is 15.2. The van der Waals surface area contributed by atoms with Crippen LogP contribution < -0.4 is 5.32 Å². The first kappa shape index (κ1) is 68.8. The normalized spacial score (nSPS) is 12.9. The number of aliphatic hydroxyl groups is 3. The minimum Gasteiger partial charge on any atom is -0.466 e. The van der Waals surface area contributed by atoms with Crippen molar-refractivity contribution in [1.29, 1.82) is 0 Å². The summed E-state index contributed by atoms with van der Waals surface area (Å²) in [5, 5.41) is 33.7. The molecule has 3 atom stereocenters. The van der Waals surface area contributed by atoms with Crippen LogP contribution >= 0.6 is 0 Å². The van der Waals surface area contributed by atoms with Gasteiger partial charge in [0.05, 0.1) is 25.4 Å². The highest BCUT2D eigenvalue weighted by Crippen LogP contribution is 2.19. The van der Waals surface area contributed by atoms with E-state index in [1.54, 1.807) is 0 Å². The Bertz CT molecular complexity index is 1020. The van der Waals surface area contributed by atoms with E-state index < -0.39 is 18.2 Å². The molecule has 0 aromatic carbocycles. The van der Waals surface area contributed by atoms with E-state index in [9.17, 15) is 24.9 Å². The summed E-state index contributed by atoms with van der Waals surface area (Å²) in [6.45, 7) is 4.79. The van der Waals surface area contributed by atoms with Gasteiger partial charge in [0.1, 0.15) is 6.10 Å². The Hall–Kier alpha value is -1.18. The number of hydrogen-bond acceptors (Lipinski definition) is 6. The van der Waals surface area contributed by atoms with Gasteiger partial charge in [-0.1, -0.05) is 322 Å². The Balaban J connectivity index is 3.38. The molecule has 7 nitrogen and oxygen atoms in total. The van der Waals surface area contributed by atoms with Crippen molar-refractivity contribution in [3.05, 3.63) is 0 Å². The summed E-state index contributed by atoms with van der Waals surface area (Å²) in [5.41, 5.74) is 0. The minimum absolute atomic E-state index is 0.0157. The van der Waals surface area contributed by atoms with E-state index in [0.717, 1.165) is 51.4 Å². The molecule has 1 amide bonds. The Morgan fingerprint density at radius 3 is 0.914 bits per heavy atom. The maximum Gasteiger partial charge on any atom is 0.305 e. The van der Waals surface area contributed by atoms with Gasteiger partial charge in [-0.05, 0) is 25.7 Å². The zero-order valence-corrected chi connectivity index (χ0v) is 47.4. The van der Waals surface area contributed by atoms with Gasteiger partial charge in [0.15, 0.2) is 0 Å². The lowest BCUT2D eigenvalue weighted by molar-refractivity contribution is -0.143. The van der Waals surface area contributed by atoms with E-state index >= 15 is 0 Å². The van der Waals surface area contributed by atoms with Gasteiger partial charge in [0, 0.05) is 12.8 Å². The molecule has 0 rings (SSSR count). The van der Waals surface area contributed by atoms with Gasteiger partial charge < -0.3 is 25.4 Å². The molecule has 0 aliphatic rings. The molecule has 0 aromatic heterocycles. The van der Waals surface area contributed by atoms with Crippen molar-refractivity contribution >= 4 is 11.9 Å². The summed E-state index contributed by atoms with van der Waals surface area (Å²) >= 11 is 0. The highest BCUT2D eigenvalue weighted by molar-refractivity contribution is 5.76. The van der Waals surface area contributed by atoms with Crippen LogP contribution in [-0.4, -0.2) is 58.7 Å². The van der Waals surface area contributed by atoms with E-state index in [2.05, 4.69) is 19.2 Å². The van der Waals surface area contributed by atoms with Crippen molar-refractivity contribution in [1.82, 2.24) is 5.32 Å². The van der Waals surface area contributed by atoms with Crippen LogP contribution in [0.1, 0.15) is 361 Å². The van der Waals surface area contributed by atoms with Gasteiger partial charge in [-0.3, -0.25) is 9.59 Å². The van der Waals surface area contributed by atoms with Crippen LogP contribution in [0.5, 0.6) is 0 Å². The Labute approximate surface area is 437 Å². The quantitative estimate of drug-likeness (QED) is 0.0356. The van der Waals surface area contributed by atoms with Gasteiger partial charge in [0.25, 0.3) is 0 Å². The number of amides is 1. The third-order valence-corrected chi connectivity index (χ3v) is 15.2. The molecule has 0 aliphatic heterocycles. The van der Waals surface area contributed by atoms with Crippen LogP contribution in [0.4, 0.5) is 0 Å². The zero-order valence-electron chi connectivity index (χ0n) is 47.4. The highest BCUT2D eigenvalue weighted by Gasteiger charge is 2.26. The molecular formula is C63H125NO6. The van der Waals surface area contributed by atoms with E-state index in [4.69, 9.17) is 4.74 Å². The first-order valence-electron chi connectivity index (χ1n) is 31.9. The minimum atomic E-state index is -1.14. The lowest BCUT2D eigenvalue weighted by Gasteiger charge is -2.26. The molecule has 0 spiro atoms. The topological polar surface area (TPSA) is 116 Å². The van der Waals surface area contributed by atoms with E-state index in [1.165, 1.54) is 276 Å². The summed E-state index contributed by atoms with van der Waals surface area (Å²) in [6, 6.07) is -0.811. The van der Waals surface area contributed by atoms with Crippen molar-refractivity contribution in [3.8, 4) is 0 Å². The molecule has 7 heteroatoms.